The molecule has 50 heavy (non-hydrogen) atoms. The van der Waals surface area contributed by atoms with E-state index in [-0.39, 0.29) is 40.4 Å². The second-order valence-corrected chi connectivity index (χ2v) is 16.9. The summed E-state index contributed by atoms with van der Waals surface area (Å²) in [6, 6.07) is 6.71. The van der Waals surface area contributed by atoms with Crippen LogP contribution in [0.25, 0.3) is 11.3 Å². The maximum absolute atomic E-state index is 14.7. The van der Waals surface area contributed by atoms with E-state index < -0.39 is 0 Å². The number of carbonyl (C=O) groups is 2. The van der Waals surface area contributed by atoms with Gasteiger partial charge in [-0.1, -0.05) is 19.1 Å². The van der Waals surface area contributed by atoms with Crippen LogP contribution in [0.3, 0.4) is 0 Å². The first-order valence-electron chi connectivity index (χ1n) is 18.7. The Kier molecular flexibility index (Phi) is 9.18. The second kappa shape index (κ2) is 13.3. The number of rotatable bonds is 8. The van der Waals surface area contributed by atoms with Crippen molar-refractivity contribution in [3.05, 3.63) is 54.1 Å². The van der Waals surface area contributed by atoms with Crippen LogP contribution in [0.2, 0.25) is 0 Å². The predicted molar refractivity (Wildman–Crippen MR) is 193 cm³/mol. The summed E-state index contributed by atoms with van der Waals surface area (Å²) in [7, 11) is 1.73. The maximum Gasteiger partial charge on any atom is 0.410 e. The van der Waals surface area contributed by atoms with Crippen molar-refractivity contribution in [2.45, 2.75) is 116 Å². The lowest BCUT2D eigenvalue weighted by Crippen LogP contribution is -2.52. The molecule has 0 spiro atoms. The topological polar surface area (TPSA) is 103 Å². The van der Waals surface area contributed by atoms with Gasteiger partial charge in [-0.25, -0.2) is 9.78 Å². The lowest BCUT2D eigenvalue weighted by molar-refractivity contribution is -0.124. The Hall–Kier alpha value is -3.95. The number of fused-ring (bicyclic) bond motifs is 3. The fourth-order valence-corrected chi connectivity index (χ4v) is 8.91. The monoisotopic (exact) mass is 682 g/mol. The van der Waals surface area contributed by atoms with Crippen LogP contribution in [-0.4, -0.2) is 69.5 Å². The third-order valence-electron chi connectivity index (χ3n) is 12.2. The average Bonchev–Trinajstić information content (AvgIpc) is 3.62. The Bertz CT molecular complexity index is 1690. The fourth-order valence-electron chi connectivity index (χ4n) is 8.91. The van der Waals surface area contributed by atoms with Crippen LogP contribution in [0, 0.1) is 24.2 Å². The number of benzene rings is 1. The summed E-state index contributed by atoms with van der Waals surface area (Å²) < 4.78 is 13.4. The smallest absolute Gasteiger partial charge is 0.410 e. The van der Waals surface area contributed by atoms with E-state index in [1.807, 2.05) is 22.0 Å². The lowest BCUT2D eigenvalue weighted by Gasteiger charge is -2.55. The summed E-state index contributed by atoms with van der Waals surface area (Å²) in [5, 5.41) is 4.59. The first-order chi connectivity index (χ1) is 23.9. The molecule has 2 bridgehead atoms. The molecule has 8 rings (SSSR count). The van der Waals surface area contributed by atoms with Crippen molar-refractivity contribution < 1.29 is 19.1 Å². The van der Waals surface area contributed by atoms with Gasteiger partial charge in [0.1, 0.15) is 11.9 Å². The summed E-state index contributed by atoms with van der Waals surface area (Å²) in [4.78, 5) is 40.7. The first kappa shape index (κ1) is 34.5. The summed E-state index contributed by atoms with van der Waals surface area (Å²) in [5.41, 5.74) is 4.27. The normalized spacial score (nSPS) is 26.7. The molecule has 0 radical (unpaired) electrons. The molecule has 5 aliphatic rings. The quantitative estimate of drug-likeness (QED) is 0.240. The number of methoxy groups -OCH3 is 1. The zero-order valence-corrected chi connectivity index (χ0v) is 30.8. The van der Waals surface area contributed by atoms with Gasteiger partial charge < -0.3 is 14.4 Å². The third-order valence-corrected chi connectivity index (χ3v) is 12.2. The number of carbonyl (C=O) groups excluding carboxylic acids is 2. The molecule has 5 fully saturated rings. The largest absolute Gasteiger partial charge is 0.496 e. The van der Waals surface area contributed by atoms with Crippen molar-refractivity contribution >= 4 is 17.8 Å². The molecule has 10 nitrogen and oxygen atoms in total. The van der Waals surface area contributed by atoms with Crippen LogP contribution in [0.1, 0.15) is 103 Å². The molecule has 1 aliphatic heterocycles. The Morgan fingerprint density at radius 1 is 0.980 bits per heavy atom. The van der Waals surface area contributed by atoms with E-state index in [1.54, 1.807) is 24.4 Å². The Morgan fingerprint density at radius 2 is 1.68 bits per heavy atom. The number of likely N-dealkylation sites (tertiary alicyclic amines) is 1. The zero-order valence-electron chi connectivity index (χ0n) is 30.8. The molecule has 2 amide bonds. The molecule has 1 aromatic carbocycles. The van der Waals surface area contributed by atoms with E-state index >= 15 is 0 Å². The molecule has 268 valence electrons. The van der Waals surface area contributed by atoms with Crippen LogP contribution in [-0.2, 0) is 20.5 Å². The zero-order chi connectivity index (χ0) is 35.3. The van der Waals surface area contributed by atoms with Crippen molar-refractivity contribution in [3.8, 4) is 17.0 Å². The minimum Gasteiger partial charge on any atom is -0.496 e. The Labute approximate surface area is 296 Å². The number of aromatic nitrogens is 4. The Balaban J connectivity index is 1.10. The minimum absolute atomic E-state index is 0.0365. The maximum atomic E-state index is 14.7. The highest BCUT2D eigenvalue weighted by Gasteiger charge is 2.51. The van der Waals surface area contributed by atoms with Gasteiger partial charge in [-0.2, -0.15) is 5.10 Å². The van der Waals surface area contributed by atoms with Crippen LogP contribution in [0.15, 0.2) is 43.0 Å². The number of amides is 2. The van der Waals surface area contributed by atoms with Crippen LogP contribution >= 0.6 is 0 Å². The average molecular weight is 683 g/mol. The Morgan fingerprint density at radius 3 is 2.28 bits per heavy atom. The van der Waals surface area contributed by atoms with E-state index in [0.29, 0.717) is 49.7 Å². The highest BCUT2D eigenvalue weighted by atomic mass is 16.6. The van der Waals surface area contributed by atoms with Crippen molar-refractivity contribution in [2.75, 3.05) is 31.6 Å². The van der Waals surface area contributed by atoms with Crippen LogP contribution in [0.5, 0.6) is 5.75 Å². The van der Waals surface area contributed by atoms with E-state index in [2.05, 4.69) is 62.9 Å². The van der Waals surface area contributed by atoms with Crippen molar-refractivity contribution in [2.24, 2.45) is 17.3 Å². The number of anilines is 1. The van der Waals surface area contributed by atoms with E-state index in [1.165, 1.54) is 11.1 Å². The molecule has 4 saturated carbocycles. The van der Waals surface area contributed by atoms with Gasteiger partial charge in [0, 0.05) is 37.3 Å². The molecular weight excluding hydrogens is 628 g/mol. The lowest BCUT2D eigenvalue weighted by atomic mass is 9.51. The highest BCUT2D eigenvalue weighted by Crippen LogP contribution is 2.58. The van der Waals surface area contributed by atoms with Gasteiger partial charge in [0.25, 0.3) is 0 Å². The van der Waals surface area contributed by atoms with E-state index in [0.717, 1.165) is 62.9 Å². The van der Waals surface area contributed by atoms with Crippen LogP contribution in [0.4, 0.5) is 10.6 Å². The van der Waals surface area contributed by atoms with Crippen molar-refractivity contribution in [1.82, 2.24) is 24.6 Å². The summed E-state index contributed by atoms with van der Waals surface area (Å²) in [5.74, 6) is 2.05. The second-order valence-electron chi connectivity index (χ2n) is 16.9. The van der Waals surface area contributed by atoms with Crippen molar-refractivity contribution in [3.63, 3.8) is 0 Å². The molecule has 2 aromatic heterocycles. The number of aryl methyl sites for hydroxylation is 1. The molecule has 4 aliphatic carbocycles. The van der Waals surface area contributed by atoms with Crippen LogP contribution < -0.4 is 9.64 Å². The van der Waals surface area contributed by atoms with Crippen molar-refractivity contribution in [1.29, 1.82) is 0 Å². The molecule has 0 unspecified atom stereocenters. The van der Waals surface area contributed by atoms with Gasteiger partial charge in [0.05, 0.1) is 36.9 Å². The van der Waals surface area contributed by atoms with Gasteiger partial charge in [-0.3, -0.25) is 19.4 Å². The number of nitrogens with zero attached hydrogens (tertiary/aromatic N) is 6. The predicted octanol–water partition coefficient (Wildman–Crippen LogP) is 7.68. The molecule has 3 heterocycles. The first-order valence-corrected chi connectivity index (χ1v) is 18.7. The molecule has 1 saturated heterocycles. The number of ether oxygens (including phenoxy) is 2. The summed E-state index contributed by atoms with van der Waals surface area (Å²) in [6.07, 6.45) is 16.4. The van der Waals surface area contributed by atoms with Gasteiger partial charge in [-0.05, 0) is 126 Å². The summed E-state index contributed by atoms with van der Waals surface area (Å²) in [6.45, 7) is 12.8. The highest BCUT2D eigenvalue weighted by molar-refractivity contribution is 5.94. The van der Waals surface area contributed by atoms with E-state index in [9.17, 15) is 9.59 Å². The minimum atomic E-state index is -0.212. The molecule has 3 aromatic rings. The molecule has 0 N–H and O–H groups in total. The molecular formula is C40H54N6O4. The van der Waals surface area contributed by atoms with E-state index in [4.69, 9.17) is 14.5 Å². The standard InChI is InChI=1S/C40H54N6O4/c1-27-23-44(24-27)37(48)50-32-10-7-29(8-11-32)36(47)45(35-22-41-21-33(43-35)30-20-42-46(25-30)38(3,4)5)26-39-13-16-40(17-14-39,18-15-39)31-9-12-34(49-6)28(2)19-31/h9,12,19-22,25,27,29,32H,7-8,10-11,13-18,23-24,26H2,1-6H3/t29-,32-,39?,40?. The van der Waals surface area contributed by atoms with Gasteiger partial charge in [-0.15, -0.1) is 0 Å². The van der Waals surface area contributed by atoms with Gasteiger partial charge in [0.15, 0.2) is 5.82 Å². The third kappa shape index (κ3) is 6.74. The SMILES string of the molecule is COc1ccc(C23CCC(CN(c4cncc(-c5cnn(C(C)(C)C)c5)n4)C(=O)[C@H]4CC[C@H](OC(=O)N5CC(C)C5)CC4)(CC2)CC3)cc1C. The summed E-state index contributed by atoms with van der Waals surface area (Å²) >= 11 is 0. The van der Waals surface area contributed by atoms with Gasteiger partial charge >= 0.3 is 6.09 Å². The molecule has 0 atom stereocenters. The van der Waals surface area contributed by atoms with Gasteiger partial charge in [0.2, 0.25) is 5.91 Å². The fraction of sp³-hybridized carbons (Fsp3) is 0.625. The molecule has 10 heteroatoms. The number of hydrogen-bond donors (Lipinski definition) is 0. The number of hydrogen-bond acceptors (Lipinski definition) is 7.